The first-order valence-electron chi connectivity index (χ1n) is 8.69. The summed E-state index contributed by atoms with van der Waals surface area (Å²) in [6.45, 7) is 5.96. The first-order chi connectivity index (χ1) is 10.6. The predicted molar refractivity (Wildman–Crippen MR) is 92.2 cm³/mol. The number of fused-ring (bicyclic) bond motifs is 4. The van der Waals surface area contributed by atoms with Crippen molar-refractivity contribution in [1.29, 1.82) is 0 Å². The van der Waals surface area contributed by atoms with E-state index < -0.39 is 0 Å². The molecule has 3 fully saturated rings. The van der Waals surface area contributed by atoms with Gasteiger partial charge in [-0.15, -0.1) is 0 Å². The van der Waals surface area contributed by atoms with E-state index in [4.69, 9.17) is 5.73 Å². The van der Waals surface area contributed by atoms with Crippen molar-refractivity contribution in [3.63, 3.8) is 0 Å². The van der Waals surface area contributed by atoms with Crippen LogP contribution in [-0.2, 0) is 13.5 Å². The lowest BCUT2D eigenvalue weighted by molar-refractivity contribution is 0.0840. The van der Waals surface area contributed by atoms with Gasteiger partial charge in [-0.05, 0) is 56.8 Å². The van der Waals surface area contributed by atoms with Gasteiger partial charge in [-0.25, -0.2) is 0 Å². The number of aryl methyl sites for hydroxylation is 1. The second kappa shape index (κ2) is 5.39. The van der Waals surface area contributed by atoms with Crippen LogP contribution in [0, 0.1) is 5.92 Å². The van der Waals surface area contributed by atoms with Crippen LogP contribution in [-0.4, -0.2) is 35.1 Å². The maximum absolute atomic E-state index is 6.18. The van der Waals surface area contributed by atoms with Gasteiger partial charge in [-0.1, -0.05) is 18.2 Å². The van der Waals surface area contributed by atoms with E-state index >= 15 is 0 Å². The second-order valence-corrected chi connectivity index (χ2v) is 7.37. The van der Waals surface area contributed by atoms with Gasteiger partial charge >= 0.3 is 0 Å². The van der Waals surface area contributed by atoms with Crippen LogP contribution in [0.25, 0.3) is 10.9 Å². The van der Waals surface area contributed by atoms with Crippen LogP contribution in [0.15, 0.2) is 24.3 Å². The lowest BCUT2D eigenvalue weighted by atomic mass is 9.76. The molecule has 3 aliphatic heterocycles. The van der Waals surface area contributed by atoms with E-state index in [1.807, 2.05) is 0 Å². The van der Waals surface area contributed by atoms with Crippen molar-refractivity contribution in [3.8, 4) is 0 Å². The van der Waals surface area contributed by atoms with Crippen LogP contribution in [0.1, 0.15) is 36.9 Å². The predicted octanol–water partition coefficient (Wildman–Crippen LogP) is 2.88. The minimum atomic E-state index is 0.214. The molecule has 1 aromatic heterocycles. The Morgan fingerprint density at radius 1 is 1.23 bits per heavy atom. The van der Waals surface area contributed by atoms with Crippen LogP contribution in [0.5, 0.6) is 0 Å². The molecule has 2 aromatic rings. The van der Waals surface area contributed by atoms with Gasteiger partial charge in [0.05, 0.1) is 0 Å². The smallest absolute Gasteiger partial charge is 0.0482 e. The van der Waals surface area contributed by atoms with E-state index in [1.165, 1.54) is 48.9 Å². The fraction of sp³-hybridized carbons (Fsp3) is 0.579. The molecular formula is C19H27N3. The minimum Gasteiger partial charge on any atom is -0.347 e. The number of para-hydroxylation sites is 1. The summed E-state index contributed by atoms with van der Waals surface area (Å²) in [5.41, 5.74) is 10.6. The Bertz CT molecular complexity index is 677. The molecule has 3 aliphatic rings. The molecule has 4 heterocycles. The van der Waals surface area contributed by atoms with Crippen molar-refractivity contribution in [3.05, 3.63) is 35.5 Å². The van der Waals surface area contributed by atoms with Gasteiger partial charge in [0.25, 0.3) is 0 Å². The Balaban J connectivity index is 1.86. The highest BCUT2D eigenvalue weighted by atomic mass is 15.2. The van der Waals surface area contributed by atoms with Crippen molar-refractivity contribution < 1.29 is 0 Å². The zero-order valence-corrected chi connectivity index (χ0v) is 13.8. The van der Waals surface area contributed by atoms with E-state index in [2.05, 4.69) is 47.7 Å². The Morgan fingerprint density at radius 2 is 1.95 bits per heavy atom. The van der Waals surface area contributed by atoms with Gasteiger partial charge in [0, 0.05) is 42.1 Å². The molecule has 0 radical (unpaired) electrons. The molecule has 3 nitrogen and oxygen atoms in total. The molecule has 2 N–H and O–H groups in total. The van der Waals surface area contributed by atoms with Gasteiger partial charge in [-0.2, -0.15) is 0 Å². The van der Waals surface area contributed by atoms with Crippen molar-refractivity contribution in [2.75, 3.05) is 19.6 Å². The lowest BCUT2D eigenvalue weighted by Gasteiger charge is -2.45. The highest BCUT2D eigenvalue weighted by Gasteiger charge is 2.37. The number of aromatic nitrogens is 1. The minimum absolute atomic E-state index is 0.214. The number of hydrogen-bond donors (Lipinski definition) is 1. The van der Waals surface area contributed by atoms with Crippen molar-refractivity contribution in [2.45, 2.75) is 38.1 Å². The molecule has 2 bridgehead atoms. The Hall–Kier alpha value is -1.32. The van der Waals surface area contributed by atoms with Crippen LogP contribution >= 0.6 is 0 Å². The molecule has 0 spiro atoms. The summed E-state index contributed by atoms with van der Waals surface area (Å²) in [5.74, 6) is 1.55. The normalized spacial score (nSPS) is 29.1. The number of rotatable bonds is 3. The zero-order chi connectivity index (χ0) is 15.3. The second-order valence-electron chi connectivity index (χ2n) is 7.37. The third-order valence-corrected chi connectivity index (χ3v) is 5.79. The number of benzene rings is 1. The average Bonchev–Trinajstić information content (AvgIpc) is 2.81. The molecular weight excluding hydrogens is 270 g/mol. The van der Waals surface area contributed by atoms with E-state index in [1.54, 1.807) is 5.69 Å². The van der Waals surface area contributed by atoms with E-state index in [0.717, 1.165) is 12.3 Å². The van der Waals surface area contributed by atoms with Crippen molar-refractivity contribution in [1.82, 2.24) is 9.47 Å². The Kier molecular flexibility index (Phi) is 3.50. The molecule has 3 saturated heterocycles. The number of hydrogen-bond acceptors (Lipinski definition) is 2. The average molecular weight is 297 g/mol. The van der Waals surface area contributed by atoms with Gasteiger partial charge in [0.1, 0.15) is 0 Å². The SMILES string of the molecule is CC(N)Cc1c(C2CN3CCC2CC3)n(C)c2ccccc12. The van der Waals surface area contributed by atoms with Crippen LogP contribution in [0.4, 0.5) is 0 Å². The number of nitrogens with two attached hydrogens (primary N) is 1. The van der Waals surface area contributed by atoms with Crippen molar-refractivity contribution >= 4 is 10.9 Å². The van der Waals surface area contributed by atoms with Crippen LogP contribution in [0.3, 0.4) is 0 Å². The summed E-state index contributed by atoms with van der Waals surface area (Å²) in [5, 5.41) is 1.41. The van der Waals surface area contributed by atoms with E-state index in [0.29, 0.717) is 5.92 Å². The molecule has 5 rings (SSSR count). The third-order valence-electron chi connectivity index (χ3n) is 5.79. The van der Waals surface area contributed by atoms with Crippen LogP contribution < -0.4 is 5.73 Å². The molecule has 22 heavy (non-hydrogen) atoms. The largest absolute Gasteiger partial charge is 0.347 e. The molecule has 0 saturated carbocycles. The van der Waals surface area contributed by atoms with Gasteiger partial charge in [-0.3, -0.25) is 0 Å². The van der Waals surface area contributed by atoms with Crippen molar-refractivity contribution in [2.24, 2.45) is 18.7 Å². The highest BCUT2D eigenvalue weighted by Crippen LogP contribution is 2.42. The van der Waals surface area contributed by atoms with Gasteiger partial charge < -0.3 is 15.2 Å². The van der Waals surface area contributed by atoms with E-state index in [9.17, 15) is 0 Å². The summed E-state index contributed by atoms with van der Waals surface area (Å²) < 4.78 is 2.46. The topological polar surface area (TPSA) is 34.2 Å². The third kappa shape index (κ3) is 2.19. The fourth-order valence-corrected chi connectivity index (χ4v) is 4.78. The Morgan fingerprint density at radius 3 is 2.59 bits per heavy atom. The quantitative estimate of drug-likeness (QED) is 0.945. The molecule has 2 atom stereocenters. The molecule has 0 aliphatic carbocycles. The first-order valence-corrected chi connectivity index (χ1v) is 8.69. The molecule has 3 heteroatoms. The standard InChI is InChI=1S/C19H27N3/c1-13(20)11-16-15-5-3-4-6-18(15)21(2)19(16)17-12-22-9-7-14(17)8-10-22/h3-6,13-14,17H,7-12,20H2,1-2H3. The summed E-state index contributed by atoms with van der Waals surface area (Å²) in [6.07, 6.45) is 3.72. The first kappa shape index (κ1) is 14.3. The van der Waals surface area contributed by atoms with Gasteiger partial charge in [0.15, 0.2) is 0 Å². The Labute approximate surface area is 133 Å². The maximum Gasteiger partial charge on any atom is 0.0482 e. The van der Waals surface area contributed by atoms with Crippen LogP contribution in [0.2, 0.25) is 0 Å². The number of piperidine rings is 3. The summed E-state index contributed by atoms with van der Waals surface area (Å²) in [7, 11) is 2.25. The fourth-order valence-electron chi connectivity index (χ4n) is 4.78. The molecule has 118 valence electrons. The maximum atomic E-state index is 6.18. The van der Waals surface area contributed by atoms with E-state index in [-0.39, 0.29) is 6.04 Å². The van der Waals surface area contributed by atoms with Gasteiger partial charge in [0.2, 0.25) is 0 Å². The number of nitrogens with zero attached hydrogens (tertiary/aromatic N) is 2. The summed E-state index contributed by atoms with van der Waals surface area (Å²) in [6, 6.07) is 9.06. The molecule has 0 amide bonds. The molecule has 1 aromatic carbocycles. The zero-order valence-electron chi connectivity index (χ0n) is 13.8. The molecule has 2 unspecified atom stereocenters. The monoisotopic (exact) mass is 297 g/mol. The highest BCUT2D eigenvalue weighted by molar-refractivity contribution is 5.86. The lowest BCUT2D eigenvalue weighted by Crippen LogP contribution is -2.46. The summed E-state index contributed by atoms with van der Waals surface area (Å²) >= 11 is 0. The summed E-state index contributed by atoms with van der Waals surface area (Å²) in [4.78, 5) is 2.65.